The Morgan fingerprint density at radius 2 is 1.89 bits per heavy atom. The van der Waals surface area contributed by atoms with Crippen molar-refractivity contribution in [1.29, 1.82) is 0 Å². The van der Waals surface area contributed by atoms with Crippen molar-refractivity contribution >= 4 is 17.6 Å². The van der Waals surface area contributed by atoms with E-state index < -0.39 is 34.2 Å². The number of carbonyl (C=O) groups is 1. The van der Waals surface area contributed by atoms with E-state index >= 15 is 0 Å². The minimum Gasteiger partial charge on any atom is -0.479 e. The number of rotatable bonds is 4. The molecule has 19 heavy (non-hydrogen) atoms. The second-order valence-corrected chi connectivity index (χ2v) is 3.57. The van der Waals surface area contributed by atoms with E-state index in [-0.39, 0.29) is 0 Å². The number of alkyl halides is 3. The van der Waals surface area contributed by atoms with Crippen molar-refractivity contribution in [3.05, 3.63) is 22.5 Å². The quantitative estimate of drug-likeness (QED) is 0.628. The van der Waals surface area contributed by atoms with Crippen LogP contribution in [0.1, 0.15) is 6.92 Å². The maximum atomic E-state index is 12.6. The van der Waals surface area contributed by atoms with Gasteiger partial charge in [0.05, 0.1) is 4.92 Å². The van der Waals surface area contributed by atoms with Gasteiger partial charge in [-0.05, 0) is 6.92 Å². The van der Waals surface area contributed by atoms with Crippen LogP contribution in [0.4, 0.5) is 24.8 Å². The lowest BCUT2D eigenvalue weighted by molar-refractivity contribution is -0.385. The number of hydrogen-bond acceptors (Lipinski definition) is 6. The molecule has 1 aromatic heterocycles. The Labute approximate surface area is 103 Å². The average Bonchev–Trinajstić information content (AvgIpc) is 2.27. The van der Waals surface area contributed by atoms with Crippen molar-refractivity contribution in [2.75, 3.05) is 5.32 Å². The normalized spacial score (nSPS) is 14.5. The summed E-state index contributed by atoms with van der Waals surface area (Å²) < 4.78 is 37.9. The van der Waals surface area contributed by atoms with Gasteiger partial charge in [-0.15, -0.1) is 0 Å². The number of hydrogen-bond donors (Lipinski definition) is 2. The molecule has 0 fully saturated rings. The molecular formula is C8H7F3N4O4. The number of carboxylic acids is 1. The second-order valence-electron chi connectivity index (χ2n) is 3.57. The topological polar surface area (TPSA) is 118 Å². The molecule has 2 N–H and O–H groups in total. The van der Waals surface area contributed by atoms with Crippen LogP contribution in [0.15, 0.2) is 12.4 Å². The van der Waals surface area contributed by atoms with Crippen molar-refractivity contribution in [3.63, 3.8) is 0 Å². The number of nitro groups is 1. The second kappa shape index (κ2) is 4.66. The van der Waals surface area contributed by atoms with E-state index in [1.165, 1.54) is 0 Å². The fourth-order valence-electron chi connectivity index (χ4n) is 0.949. The third kappa shape index (κ3) is 2.86. The number of halogens is 3. The molecule has 0 radical (unpaired) electrons. The van der Waals surface area contributed by atoms with Crippen LogP contribution >= 0.6 is 0 Å². The van der Waals surface area contributed by atoms with E-state index in [0.717, 1.165) is 0 Å². The smallest absolute Gasteiger partial charge is 0.422 e. The molecule has 0 aliphatic rings. The average molecular weight is 280 g/mol. The van der Waals surface area contributed by atoms with Crippen LogP contribution in [0.2, 0.25) is 0 Å². The minimum atomic E-state index is -5.11. The van der Waals surface area contributed by atoms with Gasteiger partial charge in [-0.25, -0.2) is 14.8 Å². The molecule has 1 heterocycles. The summed E-state index contributed by atoms with van der Waals surface area (Å²) in [4.78, 5) is 26.7. The van der Waals surface area contributed by atoms with Gasteiger partial charge in [0.2, 0.25) is 11.5 Å². The molecule has 0 aromatic carbocycles. The molecule has 11 heteroatoms. The molecule has 0 amide bonds. The summed E-state index contributed by atoms with van der Waals surface area (Å²) in [7, 11) is 0. The fraction of sp³-hybridized carbons (Fsp3) is 0.375. The van der Waals surface area contributed by atoms with E-state index in [2.05, 4.69) is 9.97 Å². The summed E-state index contributed by atoms with van der Waals surface area (Å²) in [6.07, 6.45) is -3.79. The van der Waals surface area contributed by atoms with Crippen LogP contribution < -0.4 is 5.32 Å². The lowest BCUT2D eigenvalue weighted by Crippen LogP contribution is -2.55. The number of aliphatic carboxylic acids is 1. The van der Waals surface area contributed by atoms with Crippen LogP contribution in [-0.2, 0) is 4.79 Å². The van der Waals surface area contributed by atoms with Crippen molar-refractivity contribution in [2.45, 2.75) is 18.6 Å². The van der Waals surface area contributed by atoms with Crippen molar-refractivity contribution in [3.8, 4) is 0 Å². The third-order valence-corrected chi connectivity index (χ3v) is 2.21. The molecule has 0 spiro atoms. The first-order valence-electron chi connectivity index (χ1n) is 4.62. The summed E-state index contributed by atoms with van der Waals surface area (Å²) in [5, 5.41) is 20.5. The molecule has 104 valence electrons. The van der Waals surface area contributed by atoms with Gasteiger partial charge in [-0.1, -0.05) is 0 Å². The number of carboxylic acid groups (broad SMARTS) is 1. The van der Waals surface area contributed by atoms with Gasteiger partial charge in [-0.3, -0.25) is 10.1 Å². The zero-order chi connectivity index (χ0) is 14.8. The van der Waals surface area contributed by atoms with Gasteiger partial charge in [0.15, 0.2) is 0 Å². The van der Waals surface area contributed by atoms with Gasteiger partial charge < -0.3 is 10.4 Å². The summed E-state index contributed by atoms with van der Waals surface area (Å²) in [5.74, 6) is -2.87. The Morgan fingerprint density at radius 3 is 2.21 bits per heavy atom. The number of anilines is 1. The molecule has 1 atom stereocenters. The van der Waals surface area contributed by atoms with Crippen LogP contribution in [0.5, 0.6) is 0 Å². The summed E-state index contributed by atoms with van der Waals surface area (Å²) in [6, 6.07) is 0. The third-order valence-electron chi connectivity index (χ3n) is 2.21. The first-order chi connectivity index (χ1) is 8.58. The van der Waals surface area contributed by atoms with Gasteiger partial charge in [-0.2, -0.15) is 13.2 Å². The zero-order valence-corrected chi connectivity index (χ0v) is 9.30. The summed E-state index contributed by atoms with van der Waals surface area (Å²) in [5.41, 5.74) is -3.84. The standard InChI is InChI=1S/C8H7F3N4O4/c1-7(5(16)17,8(9,10)11)14-6-12-2-4(3-13-6)15(18)19/h2-3H,1H3,(H,16,17)(H,12,13,14). The van der Waals surface area contributed by atoms with Crippen LogP contribution in [-0.4, -0.2) is 37.7 Å². The maximum absolute atomic E-state index is 12.6. The SMILES string of the molecule is CC(Nc1ncc([N+](=O)[O-])cn1)(C(=O)O)C(F)(F)F. The molecule has 1 unspecified atom stereocenters. The molecule has 0 bridgehead atoms. The first-order valence-corrected chi connectivity index (χ1v) is 4.62. The highest BCUT2D eigenvalue weighted by Crippen LogP contribution is 2.32. The molecule has 0 saturated carbocycles. The highest BCUT2D eigenvalue weighted by molar-refractivity contribution is 5.82. The molecule has 1 aromatic rings. The fourth-order valence-corrected chi connectivity index (χ4v) is 0.949. The highest BCUT2D eigenvalue weighted by Gasteiger charge is 2.58. The molecular weight excluding hydrogens is 273 g/mol. The van der Waals surface area contributed by atoms with Crippen molar-refractivity contribution in [1.82, 2.24) is 9.97 Å². The minimum absolute atomic E-state index is 0.389. The summed E-state index contributed by atoms with van der Waals surface area (Å²) in [6.45, 7) is 0.389. The lowest BCUT2D eigenvalue weighted by atomic mass is 10.0. The Bertz CT molecular complexity index is 504. The van der Waals surface area contributed by atoms with Gasteiger partial charge in [0.1, 0.15) is 12.4 Å². The van der Waals surface area contributed by atoms with E-state index in [1.807, 2.05) is 0 Å². The van der Waals surface area contributed by atoms with E-state index in [9.17, 15) is 28.1 Å². The molecule has 0 aliphatic carbocycles. The van der Waals surface area contributed by atoms with Crippen molar-refractivity contribution < 1.29 is 28.0 Å². The first kappa shape index (κ1) is 14.6. The molecule has 0 aliphatic heterocycles. The Morgan fingerprint density at radius 1 is 1.42 bits per heavy atom. The van der Waals surface area contributed by atoms with Crippen LogP contribution in [0.3, 0.4) is 0 Å². The Kier molecular flexibility index (Phi) is 3.58. The molecule has 1 rings (SSSR count). The Hall–Kier alpha value is -2.46. The van der Waals surface area contributed by atoms with E-state index in [4.69, 9.17) is 5.11 Å². The van der Waals surface area contributed by atoms with E-state index in [1.54, 1.807) is 5.32 Å². The van der Waals surface area contributed by atoms with E-state index in [0.29, 0.717) is 19.3 Å². The summed E-state index contributed by atoms with van der Waals surface area (Å²) >= 11 is 0. The monoisotopic (exact) mass is 280 g/mol. The molecule has 8 nitrogen and oxygen atoms in total. The van der Waals surface area contributed by atoms with Gasteiger partial charge >= 0.3 is 17.8 Å². The molecule has 0 saturated heterocycles. The lowest BCUT2D eigenvalue weighted by Gasteiger charge is -2.28. The van der Waals surface area contributed by atoms with Gasteiger partial charge in [0, 0.05) is 0 Å². The largest absolute Gasteiger partial charge is 0.479 e. The van der Waals surface area contributed by atoms with Crippen molar-refractivity contribution in [2.24, 2.45) is 0 Å². The van der Waals surface area contributed by atoms with Gasteiger partial charge in [0.25, 0.3) is 0 Å². The number of nitrogens with zero attached hydrogens (tertiary/aromatic N) is 3. The predicted molar refractivity (Wildman–Crippen MR) is 54.4 cm³/mol. The Balaban J connectivity index is 3.05. The number of nitrogens with one attached hydrogen (secondary N) is 1. The zero-order valence-electron chi connectivity index (χ0n) is 9.30. The maximum Gasteiger partial charge on any atom is 0.422 e. The number of aromatic nitrogens is 2. The predicted octanol–water partition coefficient (Wildman–Crippen LogP) is 1.20. The highest BCUT2D eigenvalue weighted by atomic mass is 19.4. The van der Waals surface area contributed by atoms with Crippen LogP contribution in [0.25, 0.3) is 0 Å². The van der Waals surface area contributed by atoms with Crippen LogP contribution in [0, 0.1) is 10.1 Å².